The van der Waals surface area contributed by atoms with Crippen LogP contribution in [0.15, 0.2) is 48.0 Å². The Morgan fingerprint density at radius 3 is 2.31 bits per heavy atom. The summed E-state index contributed by atoms with van der Waals surface area (Å²) in [7, 11) is 0. The molecule has 1 aliphatic heterocycles. The molecule has 1 atom stereocenters. The number of ketones is 1. The molecule has 2 aromatic rings. The summed E-state index contributed by atoms with van der Waals surface area (Å²) in [6, 6.07) is 12.6. The molecule has 3 rings (SSSR count). The van der Waals surface area contributed by atoms with Gasteiger partial charge in [-0.3, -0.25) is 9.59 Å². The van der Waals surface area contributed by atoms with Crippen molar-refractivity contribution < 1.29 is 19.4 Å². The fourth-order valence-corrected chi connectivity index (χ4v) is 4.57. The van der Waals surface area contributed by atoms with Gasteiger partial charge in [-0.05, 0) is 75.6 Å². The van der Waals surface area contributed by atoms with E-state index < -0.39 is 17.7 Å². The highest BCUT2D eigenvalue weighted by Crippen LogP contribution is 2.40. The van der Waals surface area contributed by atoms with Gasteiger partial charge in [-0.25, -0.2) is 0 Å². The maximum absolute atomic E-state index is 13.3. The van der Waals surface area contributed by atoms with E-state index in [4.69, 9.17) is 4.74 Å². The average molecular weight is 479 g/mol. The number of Topliss-reactive ketones (excluding diaryl/α,β-unsaturated/α-hetero) is 1. The number of benzene rings is 2. The Bertz CT molecular complexity index is 1070. The molecule has 1 saturated heterocycles. The van der Waals surface area contributed by atoms with Gasteiger partial charge in [-0.15, -0.1) is 0 Å². The van der Waals surface area contributed by atoms with E-state index in [1.807, 2.05) is 51.1 Å². The van der Waals surface area contributed by atoms with Gasteiger partial charge in [0, 0.05) is 12.1 Å². The molecule has 0 radical (unpaired) electrons. The molecule has 1 fully saturated rings. The third kappa shape index (κ3) is 5.93. The minimum atomic E-state index is -0.637. The lowest BCUT2D eigenvalue weighted by Crippen LogP contribution is -2.33. The van der Waals surface area contributed by atoms with Gasteiger partial charge in [0.25, 0.3) is 11.7 Å². The lowest BCUT2D eigenvalue weighted by Gasteiger charge is -2.27. The summed E-state index contributed by atoms with van der Waals surface area (Å²) in [5, 5.41) is 11.4. The molecule has 1 unspecified atom stereocenters. The number of carbonyl (C=O) groups is 2. The van der Waals surface area contributed by atoms with Gasteiger partial charge in [0.15, 0.2) is 0 Å². The molecule has 1 N–H and O–H groups in total. The molecule has 0 aromatic heterocycles. The van der Waals surface area contributed by atoms with E-state index in [1.54, 1.807) is 17.0 Å². The zero-order valence-electron chi connectivity index (χ0n) is 21.6. The van der Waals surface area contributed by atoms with E-state index in [0.29, 0.717) is 24.5 Å². The number of carbonyl (C=O) groups excluding carboxylic acids is 2. The number of aliphatic hydroxyl groups excluding tert-OH is 1. The second kappa shape index (κ2) is 12.0. The second-order valence-corrected chi connectivity index (χ2v) is 9.11. The maximum atomic E-state index is 13.3. The molecule has 6 nitrogen and oxygen atoms in total. The van der Waals surface area contributed by atoms with Crippen molar-refractivity contribution in [3.63, 3.8) is 0 Å². The molecular formula is C29H38N2O4. The largest absolute Gasteiger partial charge is 0.507 e. The van der Waals surface area contributed by atoms with Gasteiger partial charge < -0.3 is 19.6 Å². The van der Waals surface area contributed by atoms with Gasteiger partial charge >= 0.3 is 0 Å². The summed E-state index contributed by atoms with van der Waals surface area (Å²) in [4.78, 5) is 30.4. The molecule has 6 heteroatoms. The monoisotopic (exact) mass is 478 g/mol. The Labute approximate surface area is 209 Å². The third-order valence-corrected chi connectivity index (χ3v) is 6.63. The molecule has 188 valence electrons. The quantitative estimate of drug-likeness (QED) is 0.272. The standard InChI is InChI=1S/C29H38N2O4/c1-6-18-35-23-14-15-24(21(5)19-23)27(32)25-26(22-12-10-20(4)11-13-22)31(29(34)28(25)33)17-9-16-30(7-2)8-3/h10-15,19,26,32H,6-9,16-18H2,1-5H3. The van der Waals surface area contributed by atoms with Crippen LogP contribution in [-0.2, 0) is 9.59 Å². The predicted octanol–water partition coefficient (Wildman–Crippen LogP) is 5.25. The minimum Gasteiger partial charge on any atom is -0.507 e. The number of nitrogens with zero attached hydrogens (tertiary/aromatic N) is 2. The number of ether oxygens (including phenoxy) is 1. The summed E-state index contributed by atoms with van der Waals surface area (Å²) in [5.74, 6) is -0.619. The normalized spacial score (nSPS) is 17.4. The van der Waals surface area contributed by atoms with Crippen molar-refractivity contribution in [3.05, 3.63) is 70.3 Å². The Morgan fingerprint density at radius 2 is 1.71 bits per heavy atom. The number of hydrogen-bond donors (Lipinski definition) is 1. The van der Waals surface area contributed by atoms with Crippen molar-refractivity contribution >= 4 is 17.4 Å². The van der Waals surface area contributed by atoms with Crippen molar-refractivity contribution in [1.82, 2.24) is 9.80 Å². The first-order valence-electron chi connectivity index (χ1n) is 12.6. The van der Waals surface area contributed by atoms with Crippen molar-refractivity contribution in [2.24, 2.45) is 0 Å². The Morgan fingerprint density at radius 1 is 1.03 bits per heavy atom. The molecule has 35 heavy (non-hydrogen) atoms. The fourth-order valence-electron chi connectivity index (χ4n) is 4.57. The van der Waals surface area contributed by atoms with E-state index in [-0.39, 0.29) is 11.3 Å². The Hall–Kier alpha value is -3.12. The lowest BCUT2D eigenvalue weighted by molar-refractivity contribution is -0.140. The summed E-state index contributed by atoms with van der Waals surface area (Å²) in [6.45, 7) is 13.9. The summed E-state index contributed by atoms with van der Waals surface area (Å²) >= 11 is 0. The molecule has 0 bridgehead atoms. The number of rotatable bonds is 11. The fraction of sp³-hybridized carbons (Fsp3) is 0.448. The summed E-state index contributed by atoms with van der Waals surface area (Å²) < 4.78 is 5.70. The van der Waals surface area contributed by atoms with Crippen LogP contribution in [0.3, 0.4) is 0 Å². The van der Waals surface area contributed by atoms with Crippen LogP contribution >= 0.6 is 0 Å². The highest BCUT2D eigenvalue weighted by molar-refractivity contribution is 6.46. The first-order valence-corrected chi connectivity index (χ1v) is 12.6. The molecular weight excluding hydrogens is 440 g/mol. The van der Waals surface area contributed by atoms with Crippen molar-refractivity contribution in [1.29, 1.82) is 0 Å². The number of aryl methyl sites for hydroxylation is 2. The zero-order chi connectivity index (χ0) is 25.5. The Kier molecular flexibility index (Phi) is 9.10. The molecule has 0 aliphatic carbocycles. The van der Waals surface area contributed by atoms with Crippen LogP contribution in [0.1, 0.15) is 61.9 Å². The van der Waals surface area contributed by atoms with Gasteiger partial charge in [0.05, 0.1) is 18.2 Å². The van der Waals surface area contributed by atoms with E-state index in [1.165, 1.54) is 0 Å². The molecule has 1 aliphatic rings. The molecule has 1 amide bonds. The highest BCUT2D eigenvalue weighted by Gasteiger charge is 2.45. The molecule has 1 heterocycles. The van der Waals surface area contributed by atoms with Crippen LogP contribution in [0.25, 0.3) is 5.76 Å². The number of likely N-dealkylation sites (tertiary alicyclic amines) is 1. The SMILES string of the molecule is CCCOc1ccc(C(O)=C2C(=O)C(=O)N(CCCN(CC)CC)C2c2ccc(C)cc2)c(C)c1. The minimum absolute atomic E-state index is 0.139. The van der Waals surface area contributed by atoms with E-state index >= 15 is 0 Å². The average Bonchev–Trinajstić information content (AvgIpc) is 3.10. The van der Waals surface area contributed by atoms with Gasteiger partial charge in [-0.2, -0.15) is 0 Å². The topological polar surface area (TPSA) is 70.1 Å². The van der Waals surface area contributed by atoms with Crippen molar-refractivity contribution in [2.45, 2.75) is 53.5 Å². The highest BCUT2D eigenvalue weighted by atomic mass is 16.5. The van der Waals surface area contributed by atoms with Crippen molar-refractivity contribution in [3.8, 4) is 5.75 Å². The lowest BCUT2D eigenvalue weighted by atomic mass is 9.93. The smallest absolute Gasteiger partial charge is 0.295 e. The number of aliphatic hydroxyl groups is 1. The van der Waals surface area contributed by atoms with Crippen LogP contribution < -0.4 is 4.74 Å². The maximum Gasteiger partial charge on any atom is 0.295 e. The van der Waals surface area contributed by atoms with Crippen LogP contribution in [0, 0.1) is 13.8 Å². The molecule has 0 saturated carbocycles. The number of amides is 1. The van der Waals surface area contributed by atoms with Crippen LogP contribution in [0.2, 0.25) is 0 Å². The Balaban J connectivity index is 2.02. The first kappa shape index (κ1) is 26.5. The summed E-state index contributed by atoms with van der Waals surface area (Å²) in [5.41, 5.74) is 3.37. The van der Waals surface area contributed by atoms with E-state index in [9.17, 15) is 14.7 Å². The van der Waals surface area contributed by atoms with Gasteiger partial charge in [0.2, 0.25) is 0 Å². The van der Waals surface area contributed by atoms with Crippen LogP contribution in [0.5, 0.6) is 5.75 Å². The van der Waals surface area contributed by atoms with Gasteiger partial charge in [-0.1, -0.05) is 50.6 Å². The van der Waals surface area contributed by atoms with E-state index in [0.717, 1.165) is 49.2 Å². The van der Waals surface area contributed by atoms with Gasteiger partial charge in [0.1, 0.15) is 11.5 Å². The van der Waals surface area contributed by atoms with Crippen molar-refractivity contribution in [2.75, 3.05) is 32.8 Å². The first-order chi connectivity index (χ1) is 16.8. The third-order valence-electron chi connectivity index (χ3n) is 6.63. The number of hydrogen-bond acceptors (Lipinski definition) is 5. The van der Waals surface area contributed by atoms with Crippen LogP contribution in [0.4, 0.5) is 0 Å². The molecule has 2 aromatic carbocycles. The predicted molar refractivity (Wildman–Crippen MR) is 140 cm³/mol. The zero-order valence-corrected chi connectivity index (χ0v) is 21.6. The summed E-state index contributed by atoms with van der Waals surface area (Å²) in [6.07, 6.45) is 1.65. The van der Waals surface area contributed by atoms with Crippen LogP contribution in [-0.4, -0.2) is 59.4 Å². The van der Waals surface area contributed by atoms with E-state index in [2.05, 4.69) is 18.7 Å². The molecule has 0 spiro atoms. The second-order valence-electron chi connectivity index (χ2n) is 9.11.